The SMILES string of the molecule is O=C(NCc1ccc(C#CCO)cc1)c1cncc(F)c1. The van der Waals surface area contributed by atoms with Crippen molar-refractivity contribution >= 4 is 5.91 Å². The summed E-state index contributed by atoms with van der Waals surface area (Å²) in [4.78, 5) is 15.4. The van der Waals surface area contributed by atoms with Crippen LogP contribution in [-0.4, -0.2) is 22.6 Å². The van der Waals surface area contributed by atoms with Crippen molar-refractivity contribution in [2.75, 3.05) is 6.61 Å². The van der Waals surface area contributed by atoms with E-state index in [2.05, 4.69) is 22.1 Å². The number of aliphatic hydroxyl groups is 1. The van der Waals surface area contributed by atoms with Crippen LogP contribution < -0.4 is 5.32 Å². The second kappa shape index (κ2) is 7.17. The molecule has 2 N–H and O–H groups in total. The maximum absolute atomic E-state index is 13.0. The zero-order chi connectivity index (χ0) is 15.1. The summed E-state index contributed by atoms with van der Waals surface area (Å²) in [7, 11) is 0. The van der Waals surface area contributed by atoms with Gasteiger partial charge in [0, 0.05) is 18.3 Å². The minimum Gasteiger partial charge on any atom is -0.384 e. The third kappa shape index (κ3) is 4.41. The normalized spacial score (nSPS) is 9.62. The zero-order valence-corrected chi connectivity index (χ0v) is 11.1. The van der Waals surface area contributed by atoms with E-state index in [9.17, 15) is 9.18 Å². The third-order valence-electron chi connectivity index (χ3n) is 2.69. The van der Waals surface area contributed by atoms with Crippen LogP contribution in [-0.2, 0) is 6.54 Å². The average molecular weight is 284 g/mol. The lowest BCUT2D eigenvalue weighted by Crippen LogP contribution is -2.23. The van der Waals surface area contributed by atoms with Crippen LogP contribution in [0.1, 0.15) is 21.5 Å². The highest BCUT2D eigenvalue weighted by Gasteiger charge is 2.06. The maximum atomic E-state index is 13.0. The van der Waals surface area contributed by atoms with Crippen molar-refractivity contribution in [3.8, 4) is 11.8 Å². The molecule has 0 fully saturated rings. The van der Waals surface area contributed by atoms with E-state index in [-0.39, 0.29) is 18.1 Å². The maximum Gasteiger partial charge on any atom is 0.253 e. The van der Waals surface area contributed by atoms with Gasteiger partial charge in [0.25, 0.3) is 5.91 Å². The molecule has 0 spiro atoms. The Hall–Kier alpha value is -2.71. The summed E-state index contributed by atoms with van der Waals surface area (Å²) in [5.41, 5.74) is 1.86. The summed E-state index contributed by atoms with van der Waals surface area (Å²) in [6, 6.07) is 8.38. The Morgan fingerprint density at radius 1 is 1.29 bits per heavy atom. The molecule has 0 aliphatic carbocycles. The Bertz CT molecular complexity index is 687. The number of carbonyl (C=O) groups is 1. The highest BCUT2D eigenvalue weighted by molar-refractivity contribution is 5.93. The van der Waals surface area contributed by atoms with Crippen LogP contribution >= 0.6 is 0 Å². The van der Waals surface area contributed by atoms with Gasteiger partial charge in [-0.05, 0) is 23.8 Å². The lowest BCUT2D eigenvalue weighted by Gasteiger charge is -2.05. The van der Waals surface area contributed by atoms with Crippen molar-refractivity contribution < 1.29 is 14.3 Å². The number of aromatic nitrogens is 1. The van der Waals surface area contributed by atoms with Gasteiger partial charge < -0.3 is 10.4 Å². The van der Waals surface area contributed by atoms with Crippen molar-refractivity contribution in [2.45, 2.75) is 6.54 Å². The minimum atomic E-state index is -0.547. The zero-order valence-electron chi connectivity index (χ0n) is 11.1. The Morgan fingerprint density at radius 2 is 2.05 bits per heavy atom. The van der Waals surface area contributed by atoms with E-state index in [4.69, 9.17) is 5.11 Å². The number of rotatable bonds is 3. The van der Waals surface area contributed by atoms with Crippen molar-refractivity contribution in [1.82, 2.24) is 10.3 Å². The number of pyridine rings is 1. The summed E-state index contributed by atoms with van der Waals surface area (Å²) in [5.74, 6) is 4.41. The molecule has 0 aliphatic heterocycles. The summed E-state index contributed by atoms with van der Waals surface area (Å²) in [6.45, 7) is 0.141. The largest absolute Gasteiger partial charge is 0.384 e. The Morgan fingerprint density at radius 3 is 2.71 bits per heavy atom. The van der Waals surface area contributed by atoms with Crippen molar-refractivity contribution in [3.63, 3.8) is 0 Å². The Labute approximate surface area is 121 Å². The number of hydrogen-bond donors (Lipinski definition) is 2. The van der Waals surface area contributed by atoms with Crippen molar-refractivity contribution in [3.05, 3.63) is 65.2 Å². The van der Waals surface area contributed by atoms with Gasteiger partial charge in [-0.1, -0.05) is 24.0 Å². The summed E-state index contributed by atoms with van der Waals surface area (Å²) < 4.78 is 13.0. The summed E-state index contributed by atoms with van der Waals surface area (Å²) >= 11 is 0. The van der Waals surface area contributed by atoms with Crippen LogP contribution in [0.5, 0.6) is 0 Å². The van der Waals surface area contributed by atoms with Crippen LogP contribution in [0.3, 0.4) is 0 Å². The molecular formula is C16H13FN2O2. The number of aliphatic hydroxyl groups excluding tert-OH is 1. The van der Waals surface area contributed by atoms with Gasteiger partial charge in [0.1, 0.15) is 12.4 Å². The van der Waals surface area contributed by atoms with Crippen LogP contribution in [0.25, 0.3) is 0 Å². The minimum absolute atomic E-state index is 0.181. The molecule has 0 aliphatic rings. The van der Waals surface area contributed by atoms with Gasteiger partial charge in [-0.25, -0.2) is 4.39 Å². The number of benzene rings is 1. The smallest absolute Gasteiger partial charge is 0.253 e. The fourth-order valence-corrected chi connectivity index (χ4v) is 1.67. The monoisotopic (exact) mass is 284 g/mol. The lowest BCUT2D eigenvalue weighted by molar-refractivity contribution is 0.0950. The highest BCUT2D eigenvalue weighted by Crippen LogP contribution is 2.05. The first kappa shape index (κ1) is 14.7. The van der Waals surface area contributed by atoms with Gasteiger partial charge in [0.05, 0.1) is 11.8 Å². The van der Waals surface area contributed by atoms with Crippen molar-refractivity contribution in [2.24, 2.45) is 0 Å². The molecule has 1 amide bonds. The average Bonchev–Trinajstić information content (AvgIpc) is 2.51. The van der Waals surface area contributed by atoms with Crippen molar-refractivity contribution in [1.29, 1.82) is 0 Å². The van der Waals surface area contributed by atoms with Crippen LogP contribution in [0, 0.1) is 17.7 Å². The van der Waals surface area contributed by atoms with E-state index in [1.165, 1.54) is 6.20 Å². The number of hydrogen-bond acceptors (Lipinski definition) is 3. The second-order valence-electron chi connectivity index (χ2n) is 4.23. The molecule has 0 saturated heterocycles. The topological polar surface area (TPSA) is 62.2 Å². The molecule has 1 heterocycles. The standard InChI is InChI=1S/C16H13FN2O2/c17-15-8-14(10-18-11-15)16(21)19-9-13-5-3-12(4-6-13)2-1-7-20/h3-6,8,10-11,20H,7,9H2,(H,19,21). The van der Waals surface area contributed by atoms with Gasteiger partial charge >= 0.3 is 0 Å². The molecule has 2 aromatic rings. The first-order chi connectivity index (χ1) is 10.2. The van der Waals surface area contributed by atoms with E-state index >= 15 is 0 Å². The molecule has 0 bridgehead atoms. The van der Waals surface area contributed by atoms with Crippen LogP contribution in [0.15, 0.2) is 42.7 Å². The molecule has 0 unspecified atom stereocenters. The molecule has 4 nitrogen and oxygen atoms in total. The fourth-order valence-electron chi connectivity index (χ4n) is 1.67. The molecule has 5 heteroatoms. The number of halogens is 1. The molecule has 0 saturated carbocycles. The number of carbonyl (C=O) groups excluding carboxylic acids is 1. The van der Waals surface area contributed by atoms with Gasteiger partial charge in [-0.3, -0.25) is 9.78 Å². The van der Waals surface area contributed by atoms with Gasteiger partial charge in [-0.2, -0.15) is 0 Å². The predicted octanol–water partition coefficient (Wildman–Crippen LogP) is 1.49. The van der Waals surface area contributed by atoms with E-state index in [0.29, 0.717) is 6.54 Å². The summed E-state index contributed by atoms with van der Waals surface area (Å²) in [6.07, 6.45) is 2.36. The Kier molecular flexibility index (Phi) is 5.02. The molecular weight excluding hydrogens is 271 g/mol. The van der Waals surface area contributed by atoms with E-state index in [0.717, 1.165) is 23.4 Å². The highest BCUT2D eigenvalue weighted by atomic mass is 19.1. The number of amides is 1. The first-order valence-electron chi connectivity index (χ1n) is 6.26. The lowest BCUT2D eigenvalue weighted by atomic mass is 10.1. The third-order valence-corrected chi connectivity index (χ3v) is 2.69. The summed E-state index contributed by atoms with van der Waals surface area (Å²) in [5, 5.41) is 11.3. The second-order valence-corrected chi connectivity index (χ2v) is 4.23. The van der Waals surface area contributed by atoms with E-state index in [1.54, 1.807) is 12.1 Å². The molecule has 2 rings (SSSR count). The van der Waals surface area contributed by atoms with E-state index < -0.39 is 5.82 Å². The first-order valence-corrected chi connectivity index (χ1v) is 6.26. The Balaban J connectivity index is 1.95. The number of nitrogens with zero attached hydrogens (tertiary/aromatic N) is 1. The van der Waals surface area contributed by atoms with Gasteiger partial charge in [-0.15, -0.1) is 0 Å². The fraction of sp³-hybridized carbons (Fsp3) is 0.125. The molecule has 1 aromatic heterocycles. The molecule has 0 atom stereocenters. The number of nitrogens with one attached hydrogen (secondary N) is 1. The van der Waals surface area contributed by atoms with Crippen LogP contribution in [0.2, 0.25) is 0 Å². The van der Waals surface area contributed by atoms with Gasteiger partial charge in [0.15, 0.2) is 0 Å². The molecule has 1 aromatic carbocycles. The van der Waals surface area contributed by atoms with Crippen LogP contribution in [0.4, 0.5) is 4.39 Å². The molecule has 0 radical (unpaired) electrons. The predicted molar refractivity (Wildman–Crippen MR) is 75.8 cm³/mol. The van der Waals surface area contributed by atoms with E-state index in [1.807, 2.05) is 12.1 Å². The molecule has 106 valence electrons. The molecule has 21 heavy (non-hydrogen) atoms. The van der Waals surface area contributed by atoms with Gasteiger partial charge in [0.2, 0.25) is 0 Å². The quantitative estimate of drug-likeness (QED) is 0.840.